The molecular weight excluding hydrogens is 386 g/mol. The molecule has 3 heteroatoms. The van der Waals surface area contributed by atoms with Crippen molar-refractivity contribution in [2.45, 2.75) is 60.5 Å². The van der Waals surface area contributed by atoms with E-state index in [9.17, 15) is 0 Å². The SMILES string of the molecule is CCC(C)(C)C(C)(C)C(C)(C)Oc1ccc(-c2cc3ccccc3n(C)c2=S)cc1. The minimum absolute atomic E-state index is 0.00664. The first-order valence-corrected chi connectivity index (χ1v) is 11.2. The lowest BCUT2D eigenvalue weighted by Gasteiger charge is -2.51. The second-order valence-electron chi connectivity index (χ2n) is 9.98. The van der Waals surface area contributed by atoms with Crippen LogP contribution in [-0.4, -0.2) is 10.2 Å². The average Bonchev–Trinajstić information content (AvgIpc) is 2.71. The number of hydrogen-bond donors (Lipinski definition) is 0. The van der Waals surface area contributed by atoms with Crippen molar-refractivity contribution in [3.05, 3.63) is 59.2 Å². The van der Waals surface area contributed by atoms with Crippen LogP contribution in [0.1, 0.15) is 54.9 Å². The van der Waals surface area contributed by atoms with Crippen LogP contribution in [0.3, 0.4) is 0 Å². The summed E-state index contributed by atoms with van der Waals surface area (Å²) in [7, 11) is 2.03. The monoisotopic (exact) mass is 421 g/mol. The maximum atomic E-state index is 6.54. The van der Waals surface area contributed by atoms with Gasteiger partial charge in [-0.1, -0.05) is 83.6 Å². The van der Waals surface area contributed by atoms with Crippen molar-refractivity contribution < 1.29 is 4.74 Å². The Kier molecular flexibility index (Phi) is 5.90. The molecule has 3 rings (SSSR count). The minimum Gasteiger partial charge on any atom is -0.487 e. The number of ether oxygens (including phenoxy) is 1. The number of aromatic nitrogens is 1. The summed E-state index contributed by atoms with van der Waals surface area (Å²) in [5.41, 5.74) is 3.17. The van der Waals surface area contributed by atoms with Crippen LogP contribution in [0.5, 0.6) is 5.75 Å². The van der Waals surface area contributed by atoms with E-state index in [2.05, 4.69) is 102 Å². The summed E-state index contributed by atoms with van der Waals surface area (Å²) in [6.45, 7) is 15.9. The number of para-hydroxylation sites is 1. The largest absolute Gasteiger partial charge is 0.487 e. The summed E-state index contributed by atoms with van der Waals surface area (Å²) in [5.74, 6) is 0.889. The van der Waals surface area contributed by atoms with Gasteiger partial charge in [0.05, 0.1) is 0 Å². The van der Waals surface area contributed by atoms with Gasteiger partial charge >= 0.3 is 0 Å². The molecule has 0 aliphatic rings. The molecule has 0 fully saturated rings. The molecule has 0 unspecified atom stereocenters. The third-order valence-corrected chi connectivity index (χ3v) is 8.25. The van der Waals surface area contributed by atoms with E-state index in [4.69, 9.17) is 17.0 Å². The van der Waals surface area contributed by atoms with E-state index < -0.39 is 0 Å². The third-order valence-electron chi connectivity index (χ3n) is 7.75. The molecule has 30 heavy (non-hydrogen) atoms. The van der Waals surface area contributed by atoms with Gasteiger partial charge in [0.2, 0.25) is 0 Å². The van der Waals surface area contributed by atoms with Crippen LogP contribution in [0.4, 0.5) is 0 Å². The standard InChI is InChI=1S/C27H35NOS/c1-9-25(2,3)26(4,5)27(6,7)29-21-16-14-19(15-17-21)22-18-20-12-10-11-13-23(20)28(8)24(22)30/h10-18H,9H2,1-8H3. The van der Waals surface area contributed by atoms with Crippen LogP contribution in [0, 0.1) is 15.5 Å². The molecule has 3 aromatic rings. The lowest BCUT2D eigenvalue weighted by Crippen LogP contribution is -2.52. The average molecular weight is 422 g/mol. The third kappa shape index (κ3) is 3.80. The lowest BCUT2D eigenvalue weighted by molar-refractivity contribution is -0.0844. The smallest absolute Gasteiger partial charge is 0.120 e. The second kappa shape index (κ2) is 7.85. The molecule has 0 N–H and O–H groups in total. The molecule has 1 aromatic heterocycles. The molecule has 160 valence electrons. The van der Waals surface area contributed by atoms with Gasteiger partial charge in [0, 0.05) is 23.5 Å². The van der Waals surface area contributed by atoms with Crippen molar-refractivity contribution in [3.8, 4) is 16.9 Å². The van der Waals surface area contributed by atoms with Crippen LogP contribution >= 0.6 is 12.2 Å². The molecule has 0 atom stereocenters. The summed E-state index contributed by atoms with van der Waals surface area (Å²) < 4.78 is 9.47. The Morgan fingerprint density at radius 1 is 0.900 bits per heavy atom. The normalized spacial score (nSPS) is 12.9. The van der Waals surface area contributed by atoms with Gasteiger partial charge < -0.3 is 9.30 Å². The summed E-state index contributed by atoms with van der Waals surface area (Å²) in [4.78, 5) is 0. The molecule has 0 aliphatic heterocycles. The van der Waals surface area contributed by atoms with Crippen molar-refractivity contribution >= 4 is 23.1 Å². The van der Waals surface area contributed by atoms with Gasteiger partial charge in [0.25, 0.3) is 0 Å². The first-order valence-electron chi connectivity index (χ1n) is 10.8. The Bertz CT molecular complexity index is 1100. The summed E-state index contributed by atoms with van der Waals surface area (Å²) in [5, 5.41) is 1.19. The molecule has 0 radical (unpaired) electrons. The summed E-state index contributed by atoms with van der Waals surface area (Å²) >= 11 is 5.76. The maximum Gasteiger partial charge on any atom is 0.120 e. The van der Waals surface area contributed by atoms with Gasteiger partial charge in [0.1, 0.15) is 16.0 Å². The fourth-order valence-corrected chi connectivity index (χ4v) is 4.29. The lowest BCUT2D eigenvalue weighted by atomic mass is 9.59. The molecule has 0 spiro atoms. The summed E-state index contributed by atoms with van der Waals surface area (Å²) in [6.07, 6.45) is 1.10. The zero-order valence-corrected chi connectivity index (χ0v) is 20.5. The Balaban J connectivity index is 1.94. The zero-order valence-electron chi connectivity index (χ0n) is 19.7. The Morgan fingerprint density at radius 2 is 1.50 bits per heavy atom. The minimum atomic E-state index is -0.313. The molecular formula is C27H35NOS. The Morgan fingerprint density at radius 3 is 2.10 bits per heavy atom. The highest BCUT2D eigenvalue weighted by molar-refractivity contribution is 7.71. The highest BCUT2D eigenvalue weighted by Crippen LogP contribution is 2.50. The van der Waals surface area contributed by atoms with Gasteiger partial charge in [-0.15, -0.1) is 0 Å². The highest BCUT2D eigenvalue weighted by Gasteiger charge is 2.48. The topological polar surface area (TPSA) is 14.2 Å². The molecule has 0 saturated heterocycles. The number of pyridine rings is 1. The van der Waals surface area contributed by atoms with E-state index in [-0.39, 0.29) is 16.4 Å². The Labute approximate surface area is 186 Å². The van der Waals surface area contributed by atoms with E-state index in [1.54, 1.807) is 0 Å². The number of nitrogens with zero attached hydrogens (tertiary/aromatic N) is 1. The van der Waals surface area contributed by atoms with Gasteiger partial charge in [0.15, 0.2) is 0 Å². The van der Waals surface area contributed by atoms with E-state index in [0.717, 1.165) is 33.5 Å². The van der Waals surface area contributed by atoms with Crippen LogP contribution in [0.2, 0.25) is 0 Å². The number of benzene rings is 2. The fraction of sp³-hybridized carbons (Fsp3) is 0.444. The van der Waals surface area contributed by atoms with E-state index in [1.807, 2.05) is 13.1 Å². The molecule has 0 aliphatic carbocycles. The van der Waals surface area contributed by atoms with Crippen molar-refractivity contribution in [2.24, 2.45) is 17.9 Å². The predicted octanol–water partition coefficient (Wildman–Crippen LogP) is 8.19. The van der Waals surface area contributed by atoms with E-state index >= 15 is 0 Å². The number of hydrogen-bond acceptors (Lipinski definition) is 2. The first-order chi connectivity index (χ1) is 13.9. The fourth-order valence-electron chi connectivity index (χ4n) is 4.01. The molecule has 0 bridgehead atoms. The van der Waals surface area contributed by atoms with Crippen molar-refractivity contribution in [1.29, 1.82) is 0 Å². The maximum absolute atomic E-state index is 6.54. The van der Waals surface area contributed by atoms with E-state index in [1.165, 1.54) is 5.39 Å². The van der Waals surface area contributed by atoms with Gasteiger partial charge in [-0.25, -0.2) is 0 Å². The molecule has 1 heterocycles. The summed E-state index contributed by atoms with van der Waals surface area (Å²) in [6, 6.07) is 18.9. The molecule has 2 nitrogen and oxygen atoms in total. The zero-order chi connectivity index (χ0) is 22.3. The van der Waals surface area contributed by atoms with Crippen LogP contribution in [-0.2, 0) is 7.05 Å². The molecule has 2 aromatic carbocycles. The quantitative estimate of drug-likeness (QED) is 0.372. The molecule has 0 saturated carbocycles. The number of aryl methyl sites for hydroxylation is 1. The molecule has 0 amide bonds. The second-order valence-corrected chi connectivity index (χ2v) is 10.4. The van der Waals surface area contributed by atoms with Crippen molar-refractivity contribution in [3.63, 3.8) is 0 Å². The van der Waals surface area contributed by atoms with Crippen LogP contribution < -0.4 is 4.74 Å². The van der Waals surface area contributed by atoms with E-state index in [0.29, 0.717) is 0 Å². The van der Waals surface area contributed by atoms with Crippen molar-refractivity contribution in [1.82, 2.24) is 4.57 Å². The first kappa shape index (κ1) is 22.6. The van der Waals surface area contributed by atoms with Gasteiger partial charge in [-0.05, 0) is 54.5 Å². The number of rotatable bonds is 6. The Hall–Kier alpha value is -2.13. The van der Waals surface area contributed by atoms with Crippen molar-refractivity contribution in [2.75, 3.05) is 0 Å². The van der Waals surface area contributed by atoms with Gasteiger partial charge in [-0.3, -0.25) is 0 Å². The van der Waals surface area contributed by atoms with Crippen LogP contribution in [0.25, 0.3) is 22.0 Å². The highest BCUT2D eigenvalue weighted by atomic mass is 32.1. The predicted molar refractivity (Wildman–Crippen MR) is 132 cm³/mol. The number of fused-ring (bicyclic) bond motifs is 1. The van der Waals surface area contributed by atoms with Gasteiger partial charge in [-0.2, -0.15) is 0 Å². The van der Waals surface area contributed by atoms with Crippen LogP contribution in [0.15, 0.2) is 54.6 Å².